The predicted molar refractivity (Wildman–Crippen MR) is 75.8 cm³/mol. The summed E-state index contributed by atoms with van der Waals surface area (Å²) in [5.41, 5.74) is 1.91. The Morgan fingerprint density at radius 2 is 2.14 bits per heavy atom. The van der Waals surface area contributed by atoms with Crippen molar-refractivity contribution in [1.82, 2.24) is 4.90 Å². The fraction of sp³-hybridized carbons (Fsp3) is 0.385. The summed E-state index contributed by atoms with van der Waals surface area (Å²) < 4.78 is 25.6. The predicted octanol–water partition coefficient (Wildman–Crippen LogP) is 1.86. The van der Waals surface area contributed by atoms with Crippen LogP contribution in [0.2, 0.25) is 0 Å². The second-order valence-electron chi connectivity index (χ2n) is 4.68. The highest BCUT2D eigenvalue weighted by molar-refractivity contribution is 7.46. The van der Waals surface area contributed by atoms with E-state index in [2.05, 4.69) is 4.52 Å². The molecule has 1 aliphatic rings. The molecule has 21 heavy (non-hydrogen) atoms. The monoisotopic (exact) mass is 315 g/mol. The molecule has 0 aliphatic carbocycles. The van der Waals surface area contributed by atoms with E-state index in [4.69, 9.17) is 19.3 Å². The molecule has 116 valence electrons. The number of benzene rings is 1. The lowest BCUT2D eigenvalue weighted by Gasteiger charge is -2.20. The molecule has 1 aliphatic heterocycles. The lowest BCUT2D eigenvalue weighted by molar-refractivity contribution is 0.130. The molecule has 1 heterocycles. The van der Waals surface area contributed by atoms with Crippen LogP contribution in [0.1, 0.15) is 12.5 Å². The number of phosphoric acid groups is 1. The molecule has 2 rings (SSSR count). The van der Waals surface area contributed by atoms with Crippen LogP contribution in [0, 0.1) is 0 Å². The van der Waals surface area contributed by atoms with Gasteiger partial charge in [0.1, 0.15) is 6.73 Å². The van der Waals surface area contributed by atoms with Crippen molar-refractivity contribution >= 4 is 7.82 Å². The van der Waals surface area contributed by atoms with E-state index in [0.29, 0.717) is 6.42 Å². The van der Waals surface area contributed by atoms with Crippen LogP contribution in [0.5, 0.6) is 11.5 Å². The summed E-state index contributed by atoms with van der Waals surface area (Å²) in [4.78, 5) is 18.9. The van der Waals surface area contributed by atoms with E-state index in [9.17, 15) is 4.57 Å². The molecule has 8 heteroatoms. The van der Waals surface area contributed by atoms with Crippen molar-refractivity contribution in [2.75, 3.05) is 20.6 Å². The normalized spacial score (nSPS) is 14.4. The summed E-state index contributed by atoms with van der Waals surface area (Å²) in [5.74, 6) is 1.48. The third kappa shape index (κ3) is 4.75. The Labute approximate surface area is 123 Å². The van der Waals surface area contributed by atoms with Crippen LogP contribution < -0.4 is 9.47 Å². The van der Waals surface area contributed by atoms with Gasteiger partial charge in [0, 0.05) is 12.7 Å². The first-order valence-corrected chi connectivity index (χ1v) is 7.85. The van der Waals surface area contributed by atoms with Gasteiger partial charge in [-0.3, -0.25) is 4.52 Å². The van der Waals surface area contributed by atoms with Crippen molar-refractivity contribution in [2.45, 2.75) is 13.3 Å². The van der Waals surface area contributed by atoms with Crippen LogP contribution >= 0.6 is 7.82 Å². The zero-order valence-corrected chi connectivity index (χ0v) is 12.7. The lowest BCUT2D eigenvalue weighted by atomic mass is 10.1. The topological polar surface area (TPSA) is 88.5 Å². The summed E-state index contributed by atoms with van der Waals surface area (Å²) in [6.45, 7) is 1.92. The maximum absolute atomic E-state index is 10.6. The van der Waals surface area contributed by atoms with E-state index in [0.717, 1.165) is 22.8 Å². The summed E-state index contributed by atoms with van der Waals surface area (Å²) in [6.07, 6.45) is 2.61. The van der Waals surface area contributed by atoms with E-state index in [1.165, 1.54) is 0 Å². The van der Waals surface area contributed by atoms with Crippen molar-refractivity contribution in [3.05, 3.63) is 35.5 Å². The van der Waals surface area contributed by atoms with Crippen molar-refractivity contribution in [3.8, 4) is 11.5 Å². The summed E-state index contributed by atoms with van der Waals surface area (Å²) >= 11 is 0. The van der Waals surface area contributed by atoms with E-state index in [-0.39, 0.29) is 13.5 Å². The number of hydrogen-bond donors (Lipinski definition) is 2. The molecule has 0 fully saturated rings. The van der Waals surface area contributed by atoms with Crippen LogP contribution in [-0.4, -0.2) is 35.3 Å². The molecule has 0 saturated heterocycles. The summed E-state index contributed by atoms with van der Waals surface area (Å²) in [6, 6.07) is 5.73. The van der Waals surface area contributed by atoms with Gasteiger partial charge in [-0.05, 0) is 31.0 Å². The molecule has 0 radical (unpaired) electrons. The smallest absolute Gasteiger partial charge is 0.454 e. The van der Waals surface area contributed by atoms with Crippen molar-refractivity contribution in [2.24, 2.45) is 0 Å². The molecule has 0 bridgehead atoms. The van der Waals surface area contributed by atoms with Gasteiger partial charge in [-0.2, -0.15) is 0 Å². The molecule has 0 aromatic heterocycles. The SMILES string of the molecule is CC(=CCc1ccc2c(c1)OCO2)N(C)COP(=O)(O)O. The minimum absolute atomic E-state index is 0.173. The maximum atomic E-state index is 10.6. The van der Waals surface area contributed by atoms with Gasteiger partial charge in [-0.15, -0.1) is 0 Å². The van der Waals surface area contributed by atoms with Crippen LogP contribution in [0.4, 0.5) is 0 Å². The van der Waals surface area contributed by atoms with Gasteiger partial charge in [0.2, 0.25) is 6.79 Å². The Kier molecular flexibility index (Phi) is 4.90. The average Bonchev–Trinajstić information content (AvgIpc) is 2.88. The molecule has 0 amide bonds. The minimum atomic E-state index is -4.44. The Balaban J connectivity index is 1.92. The van der Waals surface area contributed by atoms with Crippen molar-refractivity contribution in [1.29, 1.82) is 0 Å². The zero-order valence-electron chi connectivity index (χ0n) is 11.9. The third-order valence-electron chi connectivity index (χ3n) is 3.09. The molecule has 0 saturated carbocycles. The molecule has 1 aromatic rings. The molecule has 1 aromatic carbocycles. The molecule has 2 N–H and O–H groups in total. The Morgan fingerprint density at radius 3 is 2.86 bits per heavy atom. The van der Waals surface area contributed by atoms with Crippen molar-refractivity contribution in [3.63, 3.8) is 0 Å². The largest absolute Gasteiger partial charge is 0.471 e. The third-order valence-corrected chi connectivity index (χ3v) is 3.54. The first kappa shape index (κ1) is 15.9. The number of nitrogens with zero attached hydrogens (tertiary/aromatic N) is 1. The lowest BCUT2D eigenvalue weighted by Crippen LogP contribution is -2.19. The Morgan fingerprint density at radius 1 is 1.43 bits per heavy atom. The highest BCUT2D eigenvalue weighted by atomic mass is 31.2. The van der Waals surface area contributed by atoms with Crippen molar-refractivity contribution < 1.29 is 28.3 Å². The van der Waals surface area contributed by atoms with E-state index in [1.807, 2.05) is 31.2 Å². The van der Waals surface area contributed by atoms with Crippen LogP contribution in [-0.2, 0) is 15.5 Å². The van der Waals surface area contributed by atoms with Crippen LogP contribution in [0.3, 0.4) is 0 Å². The number of ether oxygens (including phenoxy) is 2. The minimum Gasteiger partial charge on any atom is -0.454 e. The highest BCUT2D eigenvalue weighted by Crippen LogP contribution is 2.36. The molecule has 0 unspecified atom stereocenters. The number of allylic oxidation sites excluding steroid dienone is 2. The highest BCUT2D eigenvalue weighted by Gasteiger charge is 2.15. The standard InChI is InChI=1S/C13H18NO6P/c1-10(14(2)8-20-21(15,16)17)3-4-11-5-6-12-13(7-11)19-9-18-12/h3,5-7H,4,8-9H2,1-2H3,(H2,15,16,17). The van der Waals surface area contributed by atoms with Gasteiger partial charge in [-0.25, -0.2) is 4.57 Å². The summed E-state index contributed by atoms with van der Waals surface area (Å²) in [5, 5.41) is 0. The molecule has 0 atom stereocenters. The van der Waals surface area contributed by atoms with Gasteiger partial charge in [0.15, 0.2) is 11.5 Å². The van der Waals surface area contributed by atoms with E-state index >= 15 is 0 Å². The number of fused-ring (bicyclic) bond motifs is 1. The maximum Gasteiger partial charge on any atom is 0.471 e. The quantitative estimate of drug-likeness (QED) is 0.612. The van der Waals surface area contributed by atoms with Gasteiger partial charge >= 0.3 is 7.82 Å². The fourth-order valence-corrected chi connectivity index (χ4v) is 2.08. The average molecular weight is 315 g/mol. The number of hydrogen-bond acceptors (Lipinski definition) is 5. The van der Waals surface area contributed by atoms with E-state index < -0.39 is 7.82 Å². The second kappa shape index (κ2) is 6.49. The number of rotatable bonds is 6. The van der Waals surface area contributed by atoms with Gasteiger partial charge < -0.3 is 24.2 Å². The molecular formula is C13H18NO6P. The molecular weight excluding hydrogens is 297 g/mol. The van der Waals surface area contributed by atoms with E-state index in [1.54, 1.807) is 11.9 Å². The van der Waals surface area contributed by atoms with Crippen LogP contribution in [0.25, 0.3) is 0 Å². The van der Waals surface area contributed by atoms with Gasteiger partial charge in [0.25, 0.3) is 0 Å². The summed E-state index contributed by atoms with van der Waals surface area (Å²) in [7, 11) is -2.75. The fourth-order valence-electron chi connectivity index (χ4n) is 1.75. The van der Waals surface area contributed by atoms with Crippen LogP contribution in [0.15, 0.2) is 30.0 Å². The first-order chi connectivity index (χ1) is 9.85. The Bertz CT molecular complexity index is 582. The number of phosphoric ester groups is 1. The van der Waals surface area contributed by atoms with Gasteiger partial charge in [0.05, 0.1) is 0 Å². The molecule has 7 nitrogen and oxygen atoms in total. The Hall–Kier alpha value is -1.53. The first-order valence-electron chi connectivity index (χ1n) is 6.31. The zero-order chi connectivity index (χ0) is 15.5. The van der Waals surface area contributed by atoms with Gasteiger partial charge in [-0.1, -0.05) is 12.1 Å². The molecule has 0 spiro atoms. The second-order valence-corrected chi connectivity index (χ2v) is 5.92.